The van der Waals surface area contributed by atoms with Gasteiger partial charge < -0.3 is 10.1 Å². The Morgan fingerprint density at radius 3 is 2.65 bits per heavy atom. The van der Waals surface area contributed by atoms with Crippen LogP contribution < -0.4 is 10.1 Å². The Morgan fingerprint density at radius 1 is 1.41 bits per heavy atom. The van der Waals surface area contributed by atoms with Crippen LogP contribution in [0.5, 0.6) is 5.75 Å². The number of nitriles is 2. The van der Waals surface area contributed by atoms with Crippen LogP contribution in [0.2, 0.25) is 0 Å². The van der Waals surface area contributed by atoms with E-state index in [2.05, 4.69) is 11.9 Å². The van der Waals surface area contributed by atoms with Gasteiger partial charge in [-0.25, -0.2) is 0 Å². The quantitative estimate of drug-likeness (QED) is 0.800. The van der Waals surface area contributed by atoms with Crippen LogP contribution in [-0.2, 0) is 0 Å². The molecule has 0 fully saturated rings. The molecular formula is C13H11N3O. The van der Waals surface area contributed by atoms with Gasteiger partial charge in [0.15, 0.2) is 0 Å². The first kappa shape index (κ1) is 12.4. The van der Waals surface area contributed by atoms with Gasteiger partial charge in [0.05, 0.1) is 7.11 Å². The number of methoxy groups -OCH3 is 1. The highest BCUT2D eigenvalue weighted by atomic mass is 16.5. The van der Waals surface area contributed by atoms with Gasteiger partial charge in [-0.3, -0.25) is 0 Å². The molecule has 84 valence electrons. The molecular weight excluding hydrogens is 214 g/mol. The summed E-state index contributed by atoms with van der Waals surface area (Å²) in [6.45, 7) is 3.69. The summed E-state index contributed by atoms with van der Waals surface area (Å²) in [4.78, 5) is 0. The second-order valence-corrected chi connectivity index (χ2v) is 3.08. The van der Waals surface area contributed by atoms with Crippen molar-refractivity contribution in [1.29, 1.82) is 10.5 Å². The molecule has 1 aromatic carbocycles. The third kappa shape index (κ3) is 3.12. The molecule has 0 bridgehead atoms. The van der Waals surface area contributed by atoms with Crippen LogP contribution in [0.3, 0.4) is 0 Å². The molecule has 1 N–H and O–H groups in total. The molecule has 1 rings (SSSR count). The summed E-state index contributed by atoms with van der Waals surface area (Å²) in [6.07, 6.45) is 3.02. The molecule has 0 saturated heterocycles. The van der Waals surface area contributed by atoms with E-state index >= 15 is 0 Å². The van der Waals surface area contributed by atoms with Crippen molar-refractivity contribution in [2.75, 3.05) is 12.4 Å². The smallest absolute Gasteiger partial charge is 0.145 e. The lowest BCUT2D eigenvalue weighted by molar-refractivity contribution is 0.415. The number of hydrogen-bond acceptors (Lipinski definition) is 4. The third-order valence-corrected chi connectivity index (χ3v) is 2.09. The number of benzene rings is 1. The van der Waals surface area contributed by atoms with E-state index in [1.54, 1.807) is 37.5 Å². The van der Waals surface area contributed by atoms with Crippen LogP contribution >= 0.6 is 0 Å². The lowest BCUT2D eigenvalue weighted by atomic mass is 10.1. The summed E-state index contributed by atoms with van der Waals surface area (Å²) in [6, 6.07) is 8.91. The second kappa shape index (κ2) is 5.99. The molecule has 4 heteroatoms. The lowest BCUT2D eigenvalue weighted by Gasteiger charge is -2.07. The monoisotopic (exact) mass is 225 g/mol. The van der Waals surface area contributed by atoms with E-state index in [0.29, 0.717) is 0 Å². The highest BCUT2D eigenvalue weighted by Crippen LogP contribution is 2.23. The first-order valence-corrected chi connectivity index (χ1v) is 4.82. The van der Waals surface area contributed by atoms with Crippen LogP contribution in [0, 0.1) is 22.7 Å². The van der Waals surface area contributed by atoms with Gasteiger partial charge >= 0.3 is 0 Å². The third-order valence-electron chi connectivity index (χ3n) is 2.09. The fourth-order valence-corrected chi connectivity index (χ4v) is 1.21. The van der Waals surface area contributed by atoms with Gasteiger partial charge in [-0.15, -0.1) is 0 Å². The van der Waals surface area contributed by atoms with Crippen LogP contribution in [0.4, 0.5) is 5.69 Å². The molecule has 0 aliphatic carbocycles. The summed E-state index contributed by atoms with van der Waals surface area (Å²) in [5.74, 6) is 0.718. The minimum Gasteiger partial charge on any atom is -0.497 e. The van der Waals surface area contributed by atoms with Gasteiger partial charge in [0.1, 0.15) is 23.5 Å². The first-order valence-electron chi connectivity index (χ1n) is 4.82. The van der Waals surface area contributed by atoms with Crippen molar-refractivity contribution in [3.8, 4) is 17.9 Å². The number of anilines is 1. The molecule has 0 aliphatic heterocycles. The molecule has 0 heterocycles. The predicted molar refractivity (Wildman–Crippen MR) is 66.0 cm³/mol. The van der Waals surface area contributed by atoms with E-state index < -0.39 is 0 Å². The number of ether oxygens (including phenoxy) is 1. The Morgan fingerprint density at radius 2 is 2.12 bits per heavy atom. The Hall–Kier alpha value is -2.72. The van der Waals surface area contributed by atoms with E-state index in [9.17, 15) is 0 Å². The number of rotatable bonds is 4. The summed E-state index contributed by atoms with van der Waals surface area (Å²) in [5.41, 5.74) is 1.59. The van der Waals surface area contributed by atoms with Gasteiger partial charge in [-0.2, -0.15) is 10.5 Å². The Labute approximate surface area is 100 Å². The Bertz CT molecular complexity index is 517. The highest BCUT2D eigenvalue weighted by molar-refractivity contribution is 5.68. The average Bonchev–Trinajstić information content (AvgIpc) is 2.39. The van der Waals surface area contributed by atoms with Crippen LogP contribution in [-0.4, -0.2) is 7.11 Å². The summed E-state index contributed by atoms with van der Waals surface area (Å²) in [5, 5.41) is 20.1. The maximum Gasteiger partial charge on any atom is 0.145 e. The van der Waals surface area contributed by atoms with Crippen molar-refractivity contribution in [2.24, 2.45) is 0 Å². The van der Waals surface area contributed by atoms with Crippen LogP contribution in [0.1, 0.15) is 5.56 Å². The Balaban J connectivity index is 3.01. The van der Waals surface area contributed by atoms with Crippen LogP contribution in [0.25, 0.3) is 6.08 Å². The maximum absolute atomic E-state index is 8.59. The number of nitrogens with one attached hydrogen (secondary N) is 1. The Kier molecular flexibility index (Phi) is 4.35. The topological polar surface area (TPSA) is 68.8 Å². The number of nitrogens with zero attached hydrogens (tertiary/aromatic N) is 2. The molecule has 0 atom stereocenters. The summed E-state index contributed by atoms with van der Waals surface area (Å²) in [7, 11) is 1.58. The minimum atomic E-state index is 0.0100. The van der Waals surface area contributed by atoms with Crippen molar-refractivity contribution < 1.29 is 4.74 Å². The first-order chi connectivity index (χ1) is 8.24. The van der Waals surface area contributed by atoms with E-state index in [1.807, 2.05) is 6.07 Å². The molecule has 0 aliphatic rings. The molecule has 0 radical (unpaired) electrons. The average molecular weight is 225 g/mol. The van der Waals surface area contributed by atoms with Crippen molar-refractivity contribution in [1.82, 2.24) is 0 Å². The molecule has 0 spiro atoms. The molecule has 0 unspecified atom stereocenters. The zero-order chi connectivity index (χ0) is 12.7. The summed E-state index contributed by atoms with van der Waals surface area (Å²) < 4.78 is 5.08. The van der Waals surface area contributed by atoms with Crippen molar-refractivity contribution >= 4 is 11.8 Å². The van der Waals surface area contributed by atoms with Gasteiger partial charge in [-0.1, -0.05) is 12.7 Å². The SMILES string of the molecule is C=Cc1cc(OC)ccc1NC=C(C#N)C#N. The number of hydrogen-bond donors (Lipinski definition) is 1. The van der Waals surface area contributed by atoms with Gasteiger partial charge in [0.2, 0.25) is 0 Å². The van der Waals surface area contributed by atoms with Gasteiger partial charge in [0, 0.05) is 17.5 Å². The molecule has 0 amide bonds. The van der Waals surface area contributed by atoms with Crippen molar-refractivity contribution in [2.45, 2.75) is 0 Å². The standard InChI is InChI=1S/C13H11N3O/c1-3-11-6-12(17-2)4-5-13(11)16-9-10(7-14)8-15/h3-6,9,16H,1H2,2H3. The van der Waals surface area contributed by atoms with Crippen molar-refractivity contribution in [3.05, 3.63) is 42.1 Å². The fraction of sp³-hybridized carbons (Fsp3) is 0.0769. The molecule has 0 aromatic heterocycles. The zero-order valence-corrected chi connectivity index (χ0v) is 9.40. The second-order valence-electron chi connectivity index (χ2n) is 3.08. The van der Waals surface area contributed by atoms with E-state index in [0.717, 1.165) is 17.0 Å². The number of allylic oxidation sites excluding steroid dienone is 1. The lowest BCUT2D eigenvalue weighted by Crippen LogP contribution is -1.93. The molecule has 17 heavy (non-hydrogen) atoms. The fourth-order valence-electron chi connectivity index (χ4n) is 1.21. The van der Waals surface area contributed by atoms with Crippen molar-refractivity contribution in [3.63, 3.8) is 0 Å². The molecule has 0 saturated carbocycles. The van der Waals surface area contributed by atoms with Gasteiger partial charge in [-0.05, 0) is 18.2 Å². The summed E-state index contributed by atoms with van der Waals surface area (Å²) >= 11 is 0. The zero-order valence-electron chi connectivity index (χ0n) is 9.40. The normalized spacial score (nSPS) is 8.41. The molecule has 4 nitrogen and oxygen atoms in total. The molecule has 1 aromatic rings. The van der Waals surface area contributed by atoms with Crippen LogP contribution in [0.15, 0.2) is 36.6 Å². The predicted octanol–water partition coefficient (Wildman–Crippen LogP) is 2.68. The largest absolute Gasteiger partial charge is 0.497 e. The van der Waals surface area contributed by atoms with E-state index in [4.69, 9.17) is 15.3 Å². The van der Waals surface area contributed by atoms with E-state index in [-0.39, 0.29) is 5.57 Å². The highest BCUT2D eigenvalue weighted by Gasteiger charge is 2.00. The van der Waals surface area contributed by atoms with Gasteiger partial charge in [0.25, 0.3) is 0 Å². The maximum atomic E-state index is 8.59. The minimum absolute atomic E-state index is 0.0100. The van der Waals surface area contributed by atoms with E-state index in [1.165, 1.54) is 6.20 Å².